The Hall–Kier alpha value is -2.46. The van der Waals surface area contributed by atoms with Crippen molar-refractivity contribution in [1.29, 1.82) is 0 Å². The molecule has 4 heteroatoms. The molecule has 1 amide bonds. The first-order valence-electron chi connectivity index (χ1n) is 8.13. The molecule has 1 heterocycles. The average Bonchev–Trinajstić information content (AvgIpc) is 3.32. The van der Waals surface area contributed by atoms with Gasteiger partial charge >= 0.3 is 0 Å². The summed E-state index contributed by atoms with van der Waals surface area (Å²) in [4.78, 5) is 26.3. The number of amides is 1. The van der Waals surface area contributed by atoms with Crippen LogP contribution in [-0.2, 0) is 14.3 Å². The Bertz CT molecular complexity index is 675. The van der Waals surface area contributed by atoms with Crippen LogP contribution in [0.2, 0.25) is 0 Å². The molecule has 3 rings (SSSR count). The highest BCUT2D eigenvalue weighted by atomic mass is 16.6. The predicted octanol–water partition coefficient (Wildman–Crippen LogP) is 2.98. The van der Waals surface area contributed by atoms with E-state index in [-0.39, 0.29) is 30.4 Å². The van der Waals surface area contributed by atoms with Gasteiger partial charge in [0.15, 0.2) is 6.10 Å². The van der Waals surface area contributed by atoms with Crippen molar-refractivity contribution in [3.05, 3.63) is 71.8 Å². The number of Topliss-reactive ketones (excluding diaryl/α,β-unsaturated/α-hetero) is 1. The van der Waals surface area contributed by atoms with E-state index in [1.54, 1.807) is 4.90 Å². The Morgan fingerprint density at radius 1 is 1.00 bits per heavy atom. The highest BCUT2D eigenvalue weighted by molar-refractivity contribution is 5.89. The van der Waals surface area contributed by atoms with E-state index in [0.717, 1.165) is 11.1 Å². The zero-order valence-electron chi connectivity index (χ0n) is 13.9. The fourth-order valence-electron chi connectivity index (χ4n) is 2.97. The third kappa shape index (κ3) is 3.54. The summed E-state index contributed by atoms with van der Waals surface area (Å²) in [6.07, 6.45) is -0.529. The van der Waals surface area contributed by atoms with Crippen LogP contribution in [0.3, 0.4) is 0 Å². The van der Waals surface area contributed by atoms with Crippen LogP contribution < -0.4 is 0 Å². The molecule has 4 nitrogen and oxygen atoms in total. The summed E-state index contributed by atoms with van der Waals surface area (Å²) in [6.45, 7) is 3.44. The van der Waals surface area contributed by atoms with E-state index >= 15 is 0 Å². The lowest BCUT2D eigenvalue weighted by Crippen LogP contribution is -2.41. The summed E-state index contributed by atoms with van der Waals surface area (Å²) in [7, 11) is 0. The monoisotopic (exact) mass is 323 g/mol. The Morgan fingerprint density at radius 2 is 1.46 bits per heavy atom. The lowest BCUT2D eigenvalue weighted by molar-refractivity contribution is -0.137. The third-order valence-corrected chi connectivity index (χ3v) is 4.17. The SMILES string of the molecule is CC(=O)CN(C(=O)[C@@H]1O[C@@H]1C)C(c1ccccc1)c1ccccc1. The van der Waals surface area contributed by atoms with Crippen LogP contribution in [0, 0.1) is 0 Å². The minimum atomic E-state index is -0.445. The Morgan fingerprint density at radius 3 is 1.83 bits per heavy atom. The molecule has 1 aliphatic rings. The maximum absolute atomic E-state index is 12.9. The second kappa shape index (κ2) is 6.97. The molecule has 1 saturated heterocycles. The molecule has 0 aliphatic carbocycles. The van der Waals surface area contributed by atoms with Gasteiger partial charge in [-0.1, -0.05) is 60.7 Å². The zero-order chi connectivity index (χ0) is 17.1. The van der Waals surface area contributed by atoms with Gasteiger partial charge in [0, 0.05) is 0 Å². The van der Waals surface area contributed by atoms with Crippen LogP contribution in [0.4, 0.5) is 0 Å². The van der Waals surface area contributed by atoms with Crippen molar-refractivity contribution in [2.45, 2.75) is 32.1 Å². The summed E-state index contributed by atoms with van der Waals surface area (Å²) >= 11 is 0. The van der Waals surface area contributed by atoms with Crippen LogP contribution >= 0.6 is 0 Å². The summed E-state index contributed by atoms with van der Waals surface area (Å²) in [5.74, 6) is -0.177. The van der Waals surface area contributed by atoms with Crippen molar-refractivity contribution in [3.63, 3.8) is 0 Å². The van der Waals surface area contributed by atoms with Gasteiger partial charge in [-0.15, -0.1) is 0 Å². The minimum absolute atomic E-state index is 0.0477. The second-order valence-corrected chi connectivity index (χ2v) is 6.15. The van der Waals surface area contributed by atoms with Gasteiger partial charge in [0.1, 0.15) is 5.78 Å². The number of hydrogen-bond donors (Lipinski definition) is 0. The van der Waals surface area contributed by atoms with E-state index < -0.39 is 6.10 Å². The minimum Gasteiger partial charge on any atom is -0.359 e. The van der Waals surface area contributed by atoms with Crippen LogP contribution in [0.5, 0.6) is 0 Å². The third-order valence-electron chi connectivity index (χ3n) is 4.17. The van der Waals surface area contributed by atoms with E-state index in [2.05, 4.69) is 0 Å². The fourth-order valence-corrected chi connectivity index (χ4v) is 2.97. The molecule has 124 valence electrons. The zero-order valence-corrected chi connectivity index (χ0v) is 13.9. The Kier molecular flexibility index (Phi) is 4.76. The summed E-state index contributed by atoms with van der Waals surface area (Å²) in [5, 5.41) is 0. The molecule has 2 atom stereocenters. The van der Waals surface area contributed by atoms with Crippen molar-refractivity contribution in [1.82, 2.24) is 4.90 Å². The number of carbonyl (C=O) groups is 2. The summed E-state index contributed by atoms with van der Waals surface area (Å²) in [6, 6.07) is 19.3. The Balaban J connectivity index is 2.03. The number of carbonyl (C=O) groups excluding carboxylic acids is 2. The van der Waals surface area contributed by atoms with Crippen LogP contribution in [0.1, 0.15) is 31.0 Å². The van der Waals surface area contributed by atoms with E-state index in [1.807, 2.05) is 67.6 Å². The molecule has 0 aromatic heterocycles. The largest absolute Gasteiger partial charge is 0.359 e. The van der Waals surface area contributed by atoms with Gasteiger partial charge in [0.05, 0.1) is 18.7 Å². The van der Waals surface area contributed by atoms with E-state index in [1.165, 1.54) is 6.92 Å². The van der Waals surface area contributed by atoms with Gasteiger partial charge in [0.25, 0.3) is 5.91 Å². The second-order valence-electron chi connectivity index (χ2n) is 6.15. The molecule has 0 N–H and O–H groups in total. The van der Waals surface area contributed by atoms with Crippen molar-refractivity contribution in [3.8, 4) is 0 Å². The molecule has 2 aromatic carbocycles. The van der Waals surface area contributed by atoms with Crippen LogP contribution in [-0.4, -0.2) is 35.3 Å². The van der Waals surface area contributed by atoms with Gasteiger partial charge in [-0.25, -0.2) is 0 Å². The van der Waals surface area contributed by atoms with Gasteiger partial charge in [0.2, 0.25) is 0 Å². The number of ether oxygens (including phenoxy) is 1. The average molecular weight is 323 g/mol. The van der Waals surface area contributed by atoms with E-state index in [9.17, 15) is 9.59 Å². The number of nitrogens with zero attached hydrogens (tertiary/aromatic N) is 1. The highest BCUT2D eigenvalue weighted by Gasteiger charge is 2.45. The van der Waals surface area contributed by atoms with Crippen molar-refractivity contribution < 1.29 is 14.3 Å². The fraction of sp³-hybridized carbons (Fsp3) is 0.300. The molecule has 1 aliphatic heterocycles. The summed E-state index contributed by atoms with van der Waals surface area (Å²) < 4.78 is 5.36. The van der Waals surface area contributed by atoms with Crippen molar-refractivity contribution in [2.24, 2.45) is 0 Å². The molecule has 0 radical (unpaired) electrons. The maximum Gasteiger partial charge on any atom is 0.255 e. The lowest BCUT2D eigenvalue weighted by Gasteiger charge is -2.31. The number of hydrogen-bond acceptors (Lipinski definition) is 3. The highest BCUT2D eigenvalue weighted by Crippen LogP contribution is 2.32. The normalized spacial score (nSPS) is 19.1. The van der Waals surface area contributed by atoms with Crippen LogP contribution in [0.15, 0.2) is 60.7 Å². The first-order valence-corrected chi connectivity index (χ1v) is 8.13. The van der Waals surface area contributed by atoms with E-state index in [0.29, 0.717) is 0 Å². The summed E-state index contributed by atoms with van der Waals surface area (Å²) in [5.41, 5.74) is 1.96. The van der Waals surface area contributed by atoms with Gasteiger partial charge < -0.3 is 9.64 Å². The van der Waals surface area contributed by atoms with Crippen molar-refractivity contribution in [2.75, 3.05) is 6.54 Å². The Labute approximate surface area is 142 Å². The molecule has 0 saturated carbocycles. The molecular weight excluding hydrogens is 302 g/mol. The lowest BCUT2D eigenvalue weighted by atomic mass is 9.96. The number of ketones is 1. The van der Waals surface area contributed by atoms with E-state index in [4.69, 9.17) is 4.74 Å². The molecule has 0 spiro atoms. The molecule has 0 unspecified atom stereocenters. The standard InChI is InChI=1S/C20H21NO3/c1-14(22)13-21(20(23)19-15(2)24-19)18(16-9-5-3-6-10-16)17-11-7-4-8-12-17/h3-12,15,18-19H,13H2,1-2H3/t15-,19-/m1/s1. The van der Waals surface area contributed by atoms with Gasteiger partial charge in [-0.3, -0.25) is 9.59 Å². The number of epoxide rings is 1. The van der Waals surface area contributed by atoms with Crippen LogP contribution in [0.25, 0.3) is 0 Å². The molecule has 1 fully saturated rings. The number of rotatable bonds is 6. The van der Waals surface area contributed by atoms with Crippen molar-refractivity contribution >= 4 is 11.7 Å². The van der Waals surface area contributed by atoms with Gasteiger partial charge in [-0.2, -0.15) is 0 Å². The first kappa shape index (κ1) is 16.4. The van der Waals surface area contributed by atoms with Gasteiger partial charge in [-0.05, 0) is 25.0 Å². The molecule has 24 heavy (non-hydrogen) atoms. The maximum atomic E-state index is 12.9. The first-order chi connectivity index (χ1) is 11.6. The molecular formula is C20H21NO3. The smallest absolute Gasteiger partial charge is 0.255 e. The molecule has 2 aromatic rings. The topological polar surface area (TPSA) is 49.9 Å². The predicted molar refractivity (Wildman–Crippen MR) is 91.5 cm³/mol. The molecule has 0 bridgehead atoms. The number of benzene rings is 2. The quantitative estimate of drug-likeness (QED) is 0.768.